The molecule has 0 atom stereocenters. The number of anilines is 2. The Labute approximate surface area is 275 Å². The molecule has 13 heteroatoms. The van der Waals surface area contributed by atoms with E-state index >= 15 is 0 Å². The molecule has 2 heterocycles. The van der Waals surface area contributed by atoms with Crippen molar-refractivity contribution in [3.05, 3.63) is 118 Å². The van der Waals surface area contributed by atoms with Crippen LogP contribution in [0.15, 0.2) is 72.8 Å². The number of ketones is 2. The number of hydrogen-bond acceptors (Lipinski definition) is 7. The van der Waals surface area contributed by atoms with E-state index in [9.17, 15) is 36.7 Å². The van der Waals surface area contributed by atoms with E-state index in [4.69, 9.17) is 20.3 Å². The SMILES string of the molecule is C.C.C.Nc1ccc(F)c(F)c1.O=C(O)c1cccc2c1OCCC2=O.O=C1CCOc2c1cccc2C(=O)Nc1ccc(F)c(F)c1. The molecule has 0 fully saturated rings. The van der Waals surface area contributed by atoms with Gasteiger partial charge in [0.15, 0.2) is 34.8 Å². The number of Topliss-reactive ketones (excluding diaryl/α,β-unsaturated/α-hetero) is 2. The molecule has 0 spiro atoms. The molecule has 0 aliphatic carbocycles. The fourth-order valence-electron chi connectivity index (χ4n) is 4.22. The second kappa shape index (κ2) is 17.8. The molecule has 256 valence electrons. The van der Waals surface area contributed by atoms with Gasteiger partial charge in [-0.25, -0.2) is 22.4 Å². The monoisotopic (exact) mass is 672 g/mol. The average Bonchev–Trinajstić information content (AvgIpc) is 3.01. The van der Waals surface area contributed by atoms with Crippen molar-refractivity contribution in [2.45, 2.75) is 35.1 Å². The summed E-state index contributed by atoms with van der Waals surface area (Å²) in [4.78, 5) is 46.2. The number of benzene rings is 4. The van der Waals surface area contributed by atoms with Crippen LogP contribution in [0.3, 0.4) is 0 Å². The van der Waals surface area contributed by atoms with Crippen molar-refractivity contribution >= 4 is 34.8 Å². The highest BCUT2D eigenvalue weighted by Crippen LogP contribution is 2.30. The van der Waals surface area contributed by atoms with Gasteiger partial charge in [0.25, 0.3) is 5.91 Å². The fraction of sp³-hybridized carbons (Fsp3) is 0.200. The van der Waals surface area contributed by atoms with Crippen LogP contribution < -0.4 is 20.5 Å². The summed E-state index contributed by atoms with van der Waals surface area (Å²) < 4.78 is 60.8. The van der Waals surface area contributed by atoms with Crippen LogP contribution in [-0.2, 0) is 0 Å². The first-order chi connectivity index (χ1) is 21.5. The van der Waals surface area contributed by atoms with Crippen LogP contribution in [0.4, 0.5) is 28.9 Å². The van der Waals surface area contributed by atoms with Crippen LogP contribution >= 0.6 is 0 Å². The summed E-state index contributed by atoms with van der Waals surface area (Å²) in [5.74, 6) is -5.19. The van der Waals surface area contributed by atoms with Gasteiger partial charge < -0.3 is 25.6 Å². The molecule has 0 aromatic heterocycles. The van der Waals surface area contributed by atoms with E-state index in [1.54, 1.807) is 24.3 Å². The van der Waals surface area contributed by atoms with Gasteiger partial charge in [-0.1, -0.05) is 34.4 Å². The normalized spacial score (nSPS) is 12.1. The lowest BCUT2D eigenvalue weighted by atomic mass is 10.0. The molecule has 0 saturated heterocycles. The largest absolute Gasteiger partial charge is 0.492 e. The van der Waals surface area contributed by atoms with Crippen molar-refractivity contribution in [1.29, 1.82) is 0 Å². The minimum atomic E-state index is -1.07. The average molecular weight is 673 g/mol. The highest BCUT2D eigenvalue weighted by Gasteiger charge is 2.25. The third-order valence-electron chi connectivity index (χ3n) is 6.38. The molecule has 0 unspecified atom stereocenters. The zero-order chi connectivity index (χ0) is 32.7. The lowest BCUT2D eigenvalue weighted by molar-refractivity contribution is 0.0690. The Balaban J connectivity index is 0.000000383. The van der Waals surface area contributed by atoms with Gasteiger partial charge in [-0.3, -0.25) is 14.4 Å². The Bertz CT molecular complexity index is 1780. The zero-order valence-electron chi connectivity index (χ0n) is 23.2. The lowest BCUT2D eigenvalue weighted by Gasteiger charge is -2.19. The van der Waals surface area contributed by atoms with E-state index in [0.717, 1.165) is 24.3 Å². The molecule has 4 aromatic rings. The number of carbonyl (C=O) groups is 4. The molecule has 4 aromatic carbocycles. The van der Waals surface area contributed by atoms with Crippen LogP contribution in [-0.4, -0.2) is 41.8 Å². The van der Waals surface area contributed by atoms with E-state index in [-0.39, 0.29) is 87.5 Å². The van der Waals surface area contributed by atoms with E-state index in [1.807, 2.05) is 0 Å². The number of hydrogen-bond donors (Lipinski definition) is 3. The summed E-state index contributed by atoms with van der Waals surface area (Å²) in [5, 5.41) is 11.3. The van der Waals surface area contributed by atoms with Gasteiger partial charge in [0.2, 0.25) is 0 Å². The molecule has 2 aliphatic rings. The maximum absolute atomic E-state index is 13.2. The number of para-hydroxylation sites is 2. The first-order valence-corrected chi connectivity index (χ1v) is 13.2. The van der Waals surface area contributed by atoms with E-state index in [0.29, 0.717) is 17.5 Å². The van der Waals surface area contributed by atoms with Crippen LogP contribution in [0.25, 0.3) is 0 Å². The first-order valence-electron chi connectivity index (χ1n) is 13.2. The van der Waals surface area contributed by atoms with E-state index in [2.05, 4.69) is 5.32 Å². The summed E-state index contributed by atoms with van der Waals surface area (Å²) in [6.45, 7) is 0.470. The molecule has 0 radical (unpaired) electrons. The number of carboxylic acids is 1. The highest BCUT2D eigenvalue weighted by atomic mass is 19.2. The van der Waals surface area contributed by atoms with Crippen LogP contribution in [0.2, 0.25) is 0 Å². The third kappa shape index (κ3) is 9.64. The number of carbonyl (C=O) groups excluding carboxylic acids is 3. The van der Waals surface area contributed by atoms with Crippen LogP contribution in [0, 0.1) is 23.3 Å². The zero-order valence-corrected chi connectivity index (χ0v) is 23.2. The number of halogens is 4. The summed E-state index contributed by atoms with van der Waals surface area (Å²) in [5.41, 5.74) is 6.42. The second-order valence-electron chi connectivity index (χ2n) is 9.47. The number of aromatic carboxylic acids is 1. The number of ether oxygens (including phenoxy) is 2. The Hall–Kier alpha value is -5.72. The number of nitrogens with one attached hydrogen (secondary N) is 1. The Morgan fingerprint density at radius 2 is 1.15 bits per heavy atom. The smallest absolute Gasteiger partial charge is 0.339 e. The van der Waals surface area contributed by atoms with Gasteiger partial charge in [-0.2, -0.15) is 0 Å². The summed E-state index contributed by atoms with van der Waals surface area (Å²) in [6.07, 6.45) is 0.581. The topological polar surface area (TPSA) is 145 Å². The van der Waals surface area contributed by atoms with Gasteiger partial charge in [0, 0.05) is 30.3 Å². The molecule has 0 saturated carbocycles. The predicted octanol–water partition coefficient (Wildman–Crippen LogP) is 7.99. The quantitative estimate of drug-likeness (QED) is 0.147. The first kappa shape index (κ1) is 40.3. The van der Waals surface area contributed by atoms with Gasteiger partial charge >= 0.3 is 5.97 Å². The lowest BCUT2D eigenvalue weighted by Crippen LogP contribution is -2.20. The van der Waals surface area contributed by atoms with Crippen molar-refractivity contribution in [2.75, 3.05) is 24.3 Å². The molecule has 6 rings (SSSR count). The molecule has 0 bridgehead atoms. The Morgan fingerprint density at radius 3 is 1.62 bits per heavy atom. The Morgan fingerprint density at radius 1 is 0.667 bits per heavy atom. The highest BCUT2D eigenvalue weighted by molar-refractivity contribution is 6.10. The third-order valence-corrected chi connectivity index (χ3v) is 6.38. The van der Waals surface area contributed by atoms with Gasteiger partial charge in [-0.15, -0.1) is 0 Å². The summed E-state index contributed by atoms with van der Waals surface area (Å²) >= 11 is 0. The Kier molecular flexibility index (Phi) is 15.0. The molecule has 9 nitrogen and oxygen atoms in total. The fourth-order valence-corrected chi connectivity index (χ4v) is 4.22. The predicted molar refractivity (Wildman–Crippen MR) is 174 cm³/mol. The maximum atomic E-state index is 13.2. The maximum Gasteiger partial charge on any atom is 0.339 e. The molecule has 4 N–H and O–H groups in total. The molecule has 1 amide bonds. The molecule has 2 aliphatic heterocycles. The minimum absolute atomic E-state index is 0. The van der Waals surface area contributed by atoms with Crippen molar-refractivity contribution in [3.63, 3.8) is 0 Å². The van der Waals surface area contributed by atoms with Crippen molar-refractivity contribution in [2.24, 2.45) is 0 Å². The van der Waals surface area contributed by atoms with Crippen molar-refractivity contribution in [3.8, 4) is 11.5 Å². The minimum Gasteiger partial charge on any atom is -0.492 e. The van der Waals surface area contributed by atoms with Gasteiger partial charge in [0.1, 0.15) is 17.1 Å². The van der Waals surface area contributed by atoms with Crippen molar-refractivity contribution in [1.82, 2.24) is 0 Å². The number of rotatable bonds is 3. The standard InChI is InChI=1S/C16H11F2NO3.C10H8O4.C6H5F2N.3CH4/c17-12-5-4-9(8-13(12)18)19-16(21)11-3-1-2-10-14(20)6-7-22-15(10)11;11-8-4-5-14-9-6(8)2-1-3-7(9)10(12)13;7-5-2-1-4(9)3-6(5)8;;;/h1-5,8H,6-7H2,(H,19,21);1-3H,4-5H2,(H,12,13);1-3H,9H2;3*1H4. The number of fused-ring (bicyclic) bond motifs is 2. The summed E-state index contributed by atoms with van der Waals surface area (Å²) in [6, 6.07) is 15.5. The van der Waals surface area contributed by atoms with Crippen molar-refractivity contribution < 1.29 is 51.3 Å². The summed E-state index contributed by atoms with van der Waals surface area (Å²) in [7, 11) is 0. The number of carboxylic acid groups (broad SMARTS) is 1. The van der Waals surface area contributed by atoms with E-state index in [1.165, 1.54) is 24.3 Å². The number of nitrogens with two attached hydrogens (primary N) is 1. The van der Waals surface area contributed by atoms with Crippen LogP contribution in [0.1, 0.15) is 76.6 Å². The molecular weight excluding hydrogens is 636 g/mol. The number of amides is 1. The van der Waals surface area contributed by atoms with Crippen LogP contribution in [0.5, 0.6) is 11.5 Å². The molecular formula is C35H36F4N2O7. The molecule has 48 heavy (non-hydrogen) atoms. The van der Waals surface area contributed by atoms with Gasteiger partial charge in [-0.05, 0) is 54.6 Å². The number of nitrogen functional groups attached to an aromatic ring is 1. The second-order valence-corrected chi connectivity index (χ2v) is 9.47. The van der Waals surface area contributed by atoms with Gasteiger partial charge in [0.05, 0.1) is 29.9 Å². The van der Waals surface area contributed by atoms with E-state index < -0.39 is 35.1 Å².